The zero-order chi connectivity index (χ0) is 88.4. The van der Waals surface area contributed by atoms with Gasteiger partial charge in [-0.25, -0.2) is 4.98 Å². The maximum Gasteiger partial charge on any atom is 0.305 e. The van der Waals surface area contributed by atoms with Crippen molar-refractivity contribution in [2.24, 2.45) is 11.5 Å². The summed E-state index contributed by atoms with van der Waals surface area (Å²) >= 11 is 3.75. The fourth-order valence-electron chi connectivity index (χ4n) is 13.7. The molecule has 0 radical (unpaired) electrons. The Hall–Kier alpha value is -11.5. The second-order valence-corrected chi connectivity index (χ2v) is 32.3. The number of hydrogen-bond acceptors (Lipinski definition) is 25. The highest BCUT2D eigenvalue weighted by Crippen LogP contribution is 2.28. The summed E-state index contributed by atoms with van der Waals surface area (Å²) in [7, 11) is 0. The number of H-pyrrole nitrogens is 1. The lowest BCUT2D eigenvalue weighted by molar-refractivity contribution is -0.148. The number of benzene rings is 2. The van der Waals surface area contributed by atoms with Crippen LogP contribution in [-0.2, 0) is 107 Å². The molecule has 121 heavy (non-hydrogen) atoms. The van der Waals surface area contributed by atoms with Gasteiger partial charge >= 0.3 is 17.9 Å². The van der Waals surface area contributed by atoms with Crippen LogP contribution in [0.5, 0.6) is 0 Å². The molecule has 658 valence electrons. The molecule has 2 unspecified atom stereocenters. The van der Waals surface area contributed by atoms with Crippen molar-refractivity contribution in [3.63, 3.8) is 0 Å². The van der Waals surface area contributed by atoms with E-state index >= 15 is 14.4 Å². The third kappa shape index (κ3) is 31.6. The predicted octanol–water partition coefficient (Wildman–Crippen LogP) is -4.16. The predicted molar refractivity (Wildman–Crippen MR) is 441 cm³/mol. The van der Waals surface area contributed by atoms with E-state index in [9.17, 15) is 87.9 Å². The minimum absolute atomic E-state index is 0.0160. The number of carbonyl (C=O) groups is 16. The van der Waals surface area contributed by atoms with E-state index in [-0.39, 0.29) is 93.3 Å². The molecular formula is C77H106N20O21S3. The highest BCUT2D eigenvalue weighted by atomic mass is 32.2. The summed E-state index contributed by atoms with van der Waals surface area (Å²) in [5.41, 5.74) is 13.2. The Morgan fingerprint density at radius 1 is 0.653 bits per heavy atom. The van der Waals surface area contributed by atoms with Gasteiger partial charge in [-0.3, -0.25) is 92.4 Å². The van der Waals surface area contributed by atoms with Crippen LogP contribution in [0, 0.1) is 5.41 Å². The number of primary amides is 1. The summed E-state index contributed by atoms with van der Waals surface area (Å²) in [5.74, 6) is -17.1. The van der Waals surface area contributed by atoms with Crippen LogP contribution in [0.15, 0.2) is 91.6 Å². The van der Waals surface area contributed by atoms with Gasteiger partial charge in [0.05, 0.1) is 43.1 Å². The molecule has 2 fully saturated rings. The minimum Gasteiger partial charge on any atom is -0.481 e. The molecule has 5 heterocycles. The lowest BCUT2D eigenvalue weighted by atomic mass is 10.0. The van der Waals surface area contributed by atoms with Crippen LogP contribution in [0.4, 0.5) is 0 Å². The van der Waals surface area contributed by atoms with Crippen LogP contribution in [0.2, 0.25) is 0 Å². The Morgan fingerprint density at radius 3 is 1.85 bits per heavy atom. The number of fused-ring (bicyclic) bond motifs is 4. The van der Waals surface area contributed by atoms with Gasteiger partial charge in [-0.05, 0) is 111 Å². The number of guanidine groups is 1. The third-order valence-corrected chi connectivity index (χ3v) is 22.7. The van der Waals surface area contributed by atoms with Crippen molar-refractivity contribution < 1.29 is 102 Å². The number of pyridine rings is 1. The maximum absolute atomic E-state index is 15.3. The Balaban J connectivity index is 1.25. The van der Waals surface area contributed by atoms with E-state index in [1.165, 1.54) is 84.2 Å². The summed E-state index contributed by atoms with van der Waals surface area (Å²) in [6.07, 6.45) is -0.239. The second kappa shape index (κ2) is 48.7. The molecule has 2 aromatic heterocycles. The fourth-order valence-corrected chi connectivity index (χ4v) is 16.1. The van der Waals surface area contributed by atoms with E-state index in [1.807, 2.05) is 12.3 Å². The smallest absolute Gasteiger partial charge is 0.305 e. The molecule has 0 spiro atoms. The highest BCUT2D eigenvalue weighted by molar-refractivity contribution is 7.99. The lowest BCUT2D eigenvalue weighted by Gasteiger charge is -2.34. The number of carboxylic acids is 3. The fraction of sp³-hybridized carbons (Fsp3) is 0.519. The summed E-state index contributed by atoms with van der Waals surface area (Å²) < 4.78 is 0. The largest absolute Gasteiger partial charge is 0.481 e. The zero-order valence-electron chi connectivity index (χ0n) is 66.8. The van der Waals surface area contributed by atoms with E-state index in [4.69, 9.17) is 16.9 Å². The highest BCUT2D eigenvalue weighted by Gasteiger charge is 2.46. The van der Waals surface area contributed by atoms with Gasteiger partial charge in [-0.2, -0.15) is 35.3 Å². The van der Waals surface area contributed by atoms with Gasteiger partial charge in [0.15, 0.2) is 5.96 Å². The molecule has 41 nitrogen and oxygen atoms in total. The molecule has 3 aliphatic heterocycles. The number of nitrogens with one attached hydrogen (secondary N) is 14. The number of hydrogen-bond donors (Lipinski definition) is 21. The number of carboxylic acid groups (broad SMARTS) is 3. The van der Waals surface area contributed by atoms with Crippen molar-refractivity contribution in [3.8, 4) is 0 Å². The molecule has 2 bridgehead atoms. The van der Waals surface area contributed by atoms with Crippen LogP contribution >= 0.6 is 35.3 Å². The first-order valence-corrected chi connectivity index (χ1v) is 42.8. The van der Waals surface area contributed by atoms with Gasteiger partial charge in [0.1, 0.15) is 72.7 Å². The van der Waals surface area contributed by atoms with Gasteiger partial charge in [-0.15, -0.1) is 0 Å². The van der Waals surface area contributed by atoms with Crippen molar-refractivity contribution in [3.05, 3.63) is 120 Å². The average molecular weight is 1740 g/mol. The SMILES string of the molecule is CSCC[C@H](NC(C)=O)C(=O)N[C@H]1CSCc2cccc(c2)CSC[C@@H](C(=O)N[C@@H](CC(=O)O)C(=O)N[C@@H](Cc2c[nH]cn2)C(=O)N[C@@H](Cc2ccncc2)C(=O)N[C@@H](CCCNC(=N)N)C(=O)NC(CC(=O)O)C(N)=O)NC(=O)[C@H](Cc2ccccc2)NC(O)[C@H](CCC(=O)O)NC(=O)[C@H]([C@@H](C)O)NC(=O)[C@@H]2CCCN2C(=O)[C@@H]2CCCN2C1=O. The topological polar surface area (TPSA) is 643 Å². The van der Waals surface area contributed by atoms with Crippen molar-refractivity contribution in [2.75, 3.05) is 43.1 Å². The molecule has 23 N–H and O–H groups in total. The molecule has 2 aromatic carbocycles. The number of aliphatic hydroxyl groups excluding tert-OH is 2. The van der Waals surface area contributed by atoms with Crippen molar-refractivity contribution in [1.82, 2.24) is 88.6 Å². The summed E-state index contributed by atoms with van der Waals surface area (Å²) in [6.45, 7) is 2.54. The molecule has 3 aliphatic rings. The first-order valence-electron chi connectivity index (χ1n) is 39.1. The van der Waals surface area contributed by atoms with Gasteiger partial charge in [0.2, 0.25) is 76.8 Å². The van der Waals surface area contributed by atoms with Crippen LogP contribution in [0.1, 0.15) is 112 Å². The monoisotopic (exact) mass is 1740 g/mol. The number of rotatable bonds is 35. The van der Waals surface area contributed by atoms with Gasteiger partial charge in [-0.1, -0.05) is 54.6 Å². The maximum atomic E-state index is 15.3. The van der Waals surface area contributed by atoms with Gasteiger partial charge in [0, 0.05) is 87.4 Å². The number of amides is 13. The summed E-state index contributed by atoms with van der Waals surface area (Å²) in [6, 6.07) is -2.23. The van der Waals surface area contributed by atoms with E-state index in [2.05, 4.69) is 78.8 Å². The Bertz CT molecular complexity index is 4280. The normalized spacial score (nSPS) is 21.3. The van der Waals surface area contributed by atoms with E-state index < -0.39 is 224 Å². The van der Waals surface area contributed by atoms with E-state index in [0.717, 1.165) is 11.8 Å². The van der Waals surface area contributed by atoms with Crippen molar-refractivity contribution in [2.45, 2.75) is 206 Å². The molecule has 0 aliphatic carbocycles. The Morgan fingerprint density at radius 2 is 1.25 bits per heavy atom. The molecule has 0 saturated carbocycles. The molecule has 7 rings (SSSR count). The average Bonchev–Trinajstić information content (AvgIpc) is 1.67. The number of nitrogens with zero attached hydrogens (tertiary/aromatic N) is 4. The molecule has 15 atom stereocenters. The molecule has 44 heteroatoms. The Kier molecular flexibility index (Phi) is 38.9. The number of aromatic amines is 1. The van der Waals surface area contributed by atoms with Crippen molar-refractivity contribution in [1.29, 1.82) is 5.41 Å². The standard InChI is InChI=1S/C77H106N20O21S3/c1-41(98)63-74(116)87-49(18-19-60(100)101)66(108)89-52(30-43-11-5-4-6-12-43)69(111)93-56(38-120-36-45-13-7-14-46(29-45)37-121-39-57(94-67(109)50(22-28-119-3)85-42(2)99)75(117)97-27-10-17-59(97)76(118)96-26-9-16-58(96)73(115)95-63)72(114)92-55(34-62(104)105)71(113)91-54(32-47-35-82-40-84-47)70(112)90-53(31-44-20-24-81-25-21-44)68(110)86-48(15-8-23-83-77(79)80)65(107)88-51(64(78)106)33-61(102)103/h4-7,11-14,20-21,24-25,29,35,40-41,48-59,63,66,89,98,108H,8-10,15-19,22-23,26-28,30-34,36-39H2,1-3H3,(H2,78,106)(H,82,84)(H,85,99)(H,86,110)(H,87,116)(H,88,107)(H,90,112)(H,91,113)(H,92,114)(H,93,111)(H,94,109)(H,95,115)(H,100,101)(H,102,103)(H,104,105)(H4,79,80,83)/t41-,48+,49+,50+,51?,52+,53+,54+,55+,56+,57+,58+,59+,63+,66?/m1/s1. The molecular weight excluding hydrogens is 1640 g/mol. The van der Waals surface area contributed by atoms with Crippen LogP contribution in [0.25, 0.3) is 0 Å². The van der Waals surface area contributed by atoms with E-state index in [0.29, 0.717) is 40.8 Å². The summed E-state index contributed by atoms with van der Waals surface area (Å²) in [4.78, 5) is 237. The molecule has 13 amide bonds. The summed E-state index contributed by atoms with van der Waals surface area (Å²) in [5, 5.41) is 91.6. The quantitative estimate of drug-likeness (QED) is 0.0118. The van der Waals surface area contributed by atoms with Crippen LogP contribution in [-0.4, -0.2) is 285 Å². The zero-order valence-corrected chi connectivity index (χ0v) is 69.3. The Labute approximate surface area is 708 Å². The third-order valence-electron chi connectivity index (χ3n) is 19.8. The van der Waals surface area contributed by atoms with Crippen LogP contribution in [0.3, 0.4) is 0 Å². The number of aromatic nitrogens is 3. The number of nitrogens with two attached hydrogens (primary N) is 2. The molecule has 4 aromatic rings. The number of aliphatic carboxylic acids is 3. The van der Waals surface area contributed by atoms with E-state index in [1.54, 1.807) is 48.5 Å². The first-order chi connectivity index (χ1) is 57.7. The number of thioether (sulfide) groups is 3. The van der Waals surface area contributed by atoms with Gasteiger partial charge < -0.3 is 110 Å². The number of imidazole rings is 1. The minimum atomic E-state index is -2.11. The lowest BCUT2D eigenvalue weighted by Crippen LogP contribution is -2.63. The van der Waals surface area contributed by atoms with Crippen LogP contribution < -0.4 is 75.3 Å². The van der Waals surface area contributed by atoms with Gasteiger partial charge in [0.25, 0.3) is 0 Å². The second-order valence-electron chi connectivity index (χ2n) is 29.2. The van der Waals surface area contributed by atoms with Crippen molar-refractivity contribution >= 4 is 136 Å². The molecule has 2 saturated heterocycles. The first kappa shape index (κ1) is 96.6. The number of carbonyl (C=O) groups excluding carboxylic acids is 13. The number of aliphatic hydroxyl groups is 2.